The van der Waals surface area contributed by atoms with E-state index in [0.717, 1.165) is 35.9 Å². The van der Waals surface area contributed by atoms with Crippen molar-refractivity contribution in [3.63, 3.8) is 0 Å². The minimum Gasteiger partial charge on any atom is -0.378 e. The number of anilines is 1. The summed E-state index contributed by atoms with van der Waals surface area (Å²) in [6.07, 6.45) is 5.38. The second-order valence-electron chi connectivity index (χ2n) is 7.67. The maximum Gasteiger partial charge on any atom is 0.159 e. The van der Waals surface area contributed by atoms with E-state index in [4.69, 9.17) is 24.5 Å². The highest BCUT2D eigenvalue weighted by Crippen LogP contribution is 2.21. The van der Waals surface area contributed by atoms with Crippen molar-refractivity contribution in [2.24, 2.45) is 0 Å². The third-order valence-corrected chi connectivity index (χ3v) is 5.25. The van der Waals surface area contributed by atoms with E-state index in [1.165, 1.54) is 5.56 Å². The van der Waals surface area contributed by atoms with Crippen LogP contribution < -0.4 is 4.90 Å². The number of hydrogen-bond acceptors (Lipinski definition) is 7. The highest BCUT2D eigenvalue weighted by molar-refractivity contribution is 5.60. The van der Waals surface area contributed by atoms with Crippen molar-refractivity contribution in [3.05, 3.63) is 72.2 Å². The monoisotopic (exact) mass is 431 g/mol. The van der Waals surface area contributed by atoms with E-state index in [9.17, 15) is 0 Å². The summed E-state index contributed by atoms with van der Waals surface area (Å²) < 4.78 is 13.1. The number of ether oxygens (including phenoxy) is 2. The lowest BCUT2D eigenvalue weighted by Gasteiger charge is -2.28. The molecule has 164 valence electrons. The number of nitrogens with zero attached hydrogens (tertiary/aromatic N) is 6. The lowest BCUT2D eigenvalue weighted by atomic mass is 10.1. The Kier molecular flexibility index (Phi) is 5.91. The fraction of sp³-hybridized carbons (Fsp3) is 0.304. The molecule has 1 aliphatic rings. The molecule has 0 amide bonds. The summed E-state index contributed by atoms with van der Waals surface area (Å²) in [7, 11) is 0. The molecular weight excluding hydrogens is 406 g/mol. The summed E-state index contributed by atoms with van der Waals surface area (Å²) in [6, 6.07) is 12.3. The molecule has 0 unspecified atom stereocenters. The number of aromatic amines is 1. The Morgan fingerprint density at radius 2 is 1.94 bits per heavy atom. The van der Waals surface area contributed by atoms with E-state index in [-0.39, 0.29) is 6.61 Å². The summed E-state index contributed by atoms with van der Waals surface area (Å²) in [5.74, 6) is 2.16. The normalized spacial score (nSPS) is 14.1. The Morgan fingerprint density at radius 3 is 2.75 bits per heavy atom. The Labute approximate surface area is 186 Å². The number of morpholine rings is 1. The molecule has 0 spiro atoms. The van der Waals surface area contributed by atoms with E-state index in [2.05, 4.69) is 40.0 Å². The van der Waals surface area contributed by atoms with Crippen LogP contribution in [-0.4, -0.2) is 56.0 Å². The first kappa shape index (κ1) is 20.3. The average Bonchev–Trinajstić information content (AvgIpc) is 3.52. The lowest BCUT2D eigenvalue weighted by Crippen LogP contribution is -2.37. The zero-order valence-corrected chi connectivity index (χ0v) is 17.9. The molecule has 1 fully saturated rings. The Balaban J connectivity index is 1.42. The molecule has 1 aromatic carbocycles. The summed E-state index contributed by atoms with van der Waals surface area (Å²) in [5.41, 5.74) is 4.01. The molecule has 4 aromatic rings. The van der Waals surface area contributed by atoms with Gasteiger partial charge in [0, 0.05) is 37.1 Å². The van der Waals surface area contributed by atoms with Crippen LogP contribution in [0.5, 0.6) is 0 Å². The topological polar surface area (TPSA) is 94.0 Å². The van der Waals surface area contributed by atoms with Gasteiger partial charge in [-0.05, 0) is 19.1 Å². The fourth-order valence-electron chi connectivity index (χ4n) is 3.63. The van der Waals surface area contributed by atoms with Crippen molar-refractivity contribution >= 4 is 5.82 Å². The average molecular weight is 432 g/mol. The standard InChI is InChI=1S/C23H25N7O2/c1-17-3-2-4-18(11-17)20-5-6-30(28-20)23-12-22(29-7-9-31-10-8-29)26-21(27-23)15-32-14-19-13-24-16-25-19/h2-6,11-13,16H,7-10,14-15H2,1H3,(H,24,25). The van der Waals surface area contributed by atoms with Gasteiger partial charge in [0.25, 0.3) is 0 Å². The van der Waals surface area contributed by atoms with Gasteiger partial charge in [0.05, 0.1) is 37.5 Å². The third kappa shape index (κ3) is 4.68. The summed E-state index contributed by atoms with van der Waals surface area (Å²) >= 11 is 0. The third-order valence-electron chi connectivity index (χ3n) is 5.25. The van der Waals surface area contributed by atoms with Crippen molar-refractivity contribution < 1.29 is 9.47 Å². The Hall–Kier alpha value is -3.56. The summed E-state index contributed by atoms with van der Waals surface area (Å²) in [6.45, 7) is 5.70. The maximum absolute atomic E-state index is 5.80. The van der Waals surface area contributed by atoms with E-state index >= 15 is 0 Å². The number of H-pyrrole nitrogens is 1. The van der Waals surface area contributed by atoms with Gasteiger partial charge < -0.3 is 19.4 Å². The van der Waals surface area contributed by atoms with Gasteiger partial charge in [-0.3, -0.25) is 0 Å². The summed E-state index contributed by atoms with van der Waals surface area (Å²) in [4.78, 5) is 18.8. The van der Waals surface area contributed by atoms with Crippen LogP contribution in [0.1, 0.15) is 17.1 Å². The van der Waals surface area contributed by atoms with E-state index < -0.39 is 0 Å². The molecule has 9 nitrogen and oxygen atoms in total. The highest BCUT2D eigenvalue weighted by atomic mass is 16.5. The zero-order valence-electron chi connectivity index (χ0n) is 17.9. The second kappa shape index (κ2) is 9.29. The second-order valence-corrected chi connectivity index (χ2v) is 7.67. The minimum absolute atomic E-state index is 0.282. The van der Waals surface area contributed by atoms with E-state index in [1.807, 2.05) is 30.6 Å². The van der Waals surface area contributed by atoms with Crippen molar-refractivity contribution in [3.8, 4) is 17.1 Å². The molecule has 1 saturated heterocycles. The number of rotatable bonds is 7. The van der Waals surface area contributed by atoms with E-state index in [1.54, 1.807) is 11.0 Å². The van der Waals surface area contributed by atoms with Gasteiger partial charge in [0.1, 0.15) is 12.4 Å². The van der Waals surface area contributed by atoms with Gasteiger partial charge in [-0.15, -0.1) is 0 Å². The first-order valence-corrected chi connectivity index (χ1v) is 10.6. The van der Waals surface area contributed by atoms with Crippen molar-refractivity contribution in [1.82, 2.24) is 29.7 Å². The van der Waals surface area contributed by atoms with Gasteiger partial charge in [-0.2, -0.15) is 5.10 Å². The lowest BCUT2D eigenvalue weighted by molar-refractivity contribution is 0.0992. The van der Waals surface area contributed by atoms with Crippen LogP contribution in [0, 0.1) is 6.92 Å². The fourth-order valence-corrected chi connectivity index (χ4v) is 3.63. The molecule has 0 radical (unpaired) electrons. The van der Waals surface area contributed by atoms with Gasteiger partial charge in [-0.1, -0.05) is 23.8 Å². The zero-order chi connectivity index (χ0) is 21.8. The van der Waals surface area contributed by atoms with Gasteiger partial charge in [-0.25, -0.2) is 19.6 Å². The number of hydrogen-bond donors (Lipinski definition) is 1. The Morgan fingerprint density at radius 1 is 1.06 bits per heavy atom. The van der Waals surface area contributed by atoms with Crippen LogP contribution in [0.4, 0.5) is 5.82 Å². The molecule has 9 heteroatoms. The summed E-state index contributed by atoms with van der Waals surface area (Å²) in [5, 5.41) is 4.77. The molecule has 32 heavy (non-hydrogen) atoms. The van der Waals surface area contributed by atoms with E-state index in [0.29, 0.717) is 31.5 Å². The molecular formula is C23H25N7O2. The number of benzene rings is 1. The smallest absolute Gasteiger partial charge is 0.159 e. The predicted molar refractivity (Wildman–Crippen MR) is 119 cm³/mol. The van der Waals surface area contributed by atoms with Crippen LogP contribution in [0.2, 0.25) is 0 Å². The molecule has 1 N–H and O–H groups in total. The highest BCUT2D eigenvalue weighted by Gasteiger charge is 2.16. The molecule has 5 rings (SSSR count). The van der Waals surface area contributed by atoms with Gasteiger partial charge in [0.2, 0.25) is 0 Å². The van der Waals surface area contributed by atoms with Crippen LogP contribution >= 0.6 is 0 Å². The molecule has 4 heterocycles. The number of aromatic nitrogens is 6. The molecule has 0 saturated carbocycles. The van der Waals surface area contributed by atoms with Crippen molar-refractivity contribution in [2.75, 3.05) is 31.2 Å². The number of imidazole rings is 1. The molecule has 3 aromatic heterocycles. The van der Waals surface area contributed by atoms with Crippen LogP contribution in [0.15, 0.2) is 55.1 Å². The van der Waals surface area contributed by atoms with Crippen LogP contribution in [0.25, 0.3) is 17.1 Å². The van der Waals surface area contributed by atoms with Gasteiger partial charge >= 0.3 is 0 Å². The minimum atomic E-state index is 0.282. The van der Waals surface area contributed by atoms with Crippen LogP contribution in [-0.2, 0) is 22.7 Å². The van der Waals surface area contributed by atoms with Crippen molar-refractivity contribution in [2.45, 2.75) is 20.1 Å². The first-order chi connectivity index (χ1) is 15.7. The molecule has 1 aliphatic heterocycles. The first-order valence-electron chi connectivity index (χ1n) is 10.6. The largest absolute Gasteiger partial charge is 0.378 e. The SMILES string of the molecule is Cc1cccc(-c2ccn(-c3cc(N4CCOCC4)nc(COCc4c[nH]cn4)n3)n2)c1. The maximum atomic E-state index is 5.80. The van der Waals surface area contributed by atoms with Crippen LogP contribution in [0.3, 0.4) is 0 Å². The van der Waals surface area contributed by atoms with Gasteiger partial charge in [0.15, 0.2) is 11.6 Å². The number of aryl methyl sites for hydroxylation is 1. The molecule has 0 bridgehead atoms. The quantitative estimate of drug-likeness (QED) is 0.481. The molecule has 0 aliphatic carbocycles. The molecule has 0 atom stereocenters. The predicted octanol–water partition coefficient (Wildman–Crippen LogP) is 2.91. The Bertz CT molecular complexity index is 1170. The number of nitrogens with one attached hydrogen (secondary N) is 1. The van der Waals surface area contributed by atoms with Crippen molar-refractivity contribution in [1.29, 1.82) is 0 Å².